The highest BCUT2D eigenvalue weighted by atomic mass is 16.2. The molecule has 0 bridgehead atoms. The van der Waals surface area contributed by atoms with E-state index in [4.69, 9.17) is 0 Å². The number of hydrogen-bond acceptors (Lipinski definition) is 4. The molecule has 3 aromatic carbocycles. The minimum Gasteiger partial charge on any atom is -0.326 e. The smallest absolute Gasteiger partial charge is 0.224 e. The zero-order valence-corrected chi connectivity index (χ0v) is 20.3. The van der Waals surface area contributed by atoms with Crippen molar-refractivity contribution >= 4 is 46.9 Å². The Balaban J connectivity index is 1.61. The fourth-order valence-corrected chi connectivity index (χ4v) is 3.25. The van der Waals surface area contributed by atoms with E-state index in [0.29, 0.717) is 35.3 Å². The lowest BCUT2D eigenvalue weighted by molar-refractivity contribution is -0.116. The highest BCUT2D eigenvalue weighted by Crippen LogP contribution is 2.15. The largest absolute Gasteiger partial charge is 0.326 e. The Morgan fingerprint density at radius 2 is 1.00 bits per heavy atom. The molecule has 0 spiro atoms. The Morgan fingerprint density at radius 3 is 1.36 bits per heavy atom. The summed E-state index contributed by atoms with van der Waals surface area (Å²) in [5.74, 6) is -0.566. The number of ketones is 2. The van der Waals surface area contributed by atoms with E-state index < -0.39 is 0 Å². The molecule has 0 saturated carbocycles. The second kappa shape index (κ2) is 12.8. The zero-order valence-electron chi connectivity index (χ0n) is 20.3. The van der Waals surface area contributed by atoms with E-state index in [1.54, 1.807) is 74.5 Å². The lowest BCUT2D eigenvalue weighted by Gasteiger charge is -2.05. The summed E-state index contributed by atoms with van der Waals surface area (Å²) >= 11 is 0. The molecule has 0 heterocycles. The Bertz CT molecular complexity index is 1220. The van der Waals surface area contributed by atoms with Gasteiger partial charge in [-0.1, -0.05) is 74.5 Å². The van der Waals surface area contributed by atoms with Crippen LogP contribution in [0, 0.1) is 0 Å². The van der Waals surface area contributed by atoms with Gasteiger partial charge < -0.3 is 10.6 Å². The molecule has 0 aromatic heterocycles. The van der Waals surface area contributed by atoms with Gasteiger partial charge in [0.1, 0.15) is 0 Å². The van der Waals surface area contributed by atoms with E-state index in [0.717, 1.165) is 11.1 Å². The minimum atomic E-state index is -0.172. The normalized spacial score (nSPS) is 10.9. The van der Waals surface area contributed by atoms with E-state index >= 15 is 0 Å². The standard InChI is InChI=1S/C30H28N2O4/c1-3-29(35)31-25-9-5-7-23(19-25)27(33)17-15-21-11-13-22(14-12-21)16-18-28(34)24-8-6-10-26(20-24)32-30(36)4-2/h5-20H,3-4H2,1-2H3,(H,31,35)(H,32,36)/b17-15+,18-16+. The summed E-state index contributed by atoms with van der Waals surface area (Å²) < 4.78 is 0. The van der Waals surface area contributed by atoms with Crippen LogP contribution in [-0.4, -0.2) is 23.4 Å². The molecular weight excluding hydrogens is 452 g/mol. The van der Waals surface area contributed by atoms with E-state index in [2.05, 4.69) is 10.6 Å². The summed E-state index contributed by atoms with van der Waals surface area (Å²) in [5, 5.41) is 5.49. The molecule has 0 unspecified atom stereocenters. The maximum absolute atomic E-state index is 12.5. The maximum Gasteiger partial charge on any atom is 0.224 e. The van der Waals surface area contributed by atoms with Crippen LogP contribution in [0.3, 0.4) is 0 Å². The van der Waals surface area contributed by atoms with Gasteiger partial charge in [0.15, 0.2) is 11.6 Å². The summed E-state index contributed by atoms with van der Waals surface area (Å²) in [5.41, 5.74) is 3.81. The molecule has 0 aliphatic rings. The predicted molar refractivity (Wildman–Crippen MR) is 144 cm³/mol. The van der Waals surface area contributed by atoms with Crippen LogP contribution in [0.1, 0.15) is 58.5 Å². The van der Waals surface area contributed by atoms with Gasteiger partial charge >= 0.3 is 0 Å². The van der Waals surface area contributed by atoms with Gasteiger partial charge in [0, 0.05) is 35.3 Å². The van der Waals surface area contributed by atoms with Crippen molar-refractivity contribution in [3.05, 3.63) is 107 Å². The first-order valence-electron chi connectivity index (χ1n) is 11.7. The second-order valence-electron chi connectivity index (χ2n) is 8.03. The zero-order chi connectivity index (χ0) is 25.9. The number of rotatable bonds is 10. The van der Waals surface area contributed by atoms with Crippen molar-refractivity contribution in [3.63, 3.8) is 0 Å². The Kier molecular flexibility index (Phi) is 9.23. The molecule has 0 atom stereocenters. The van der Waals surface area contributed by atoms with Crippen LogP contribution in [0.25, 0.3) is 12.2 Å². The fraction of sp³-hybridized carbons (Fsp3) is 0.133. The van der Waals surface area contributed by atoms with Gasteiger partial charge in [-0.25, -0.2) is 0 Å². The molecule has 0 saturated heterocycles. The molecule has 3 aromatic rings. The van der Waals surface area contributed by atoms with E-state index in [-0.39, 0.29) is 23.4 Å². The van der Waals surface area contributed by atoms with Crippen LogP contribution >= 0.6 is 0 Å². The SMILES string of the molecule is CCC(=O)Nc1cccc(C(=O)/C=C/c2ccc(/C=C/C(=O)c3cccc(NC(=O)CC)c3)cc2)c1. The molecule has 2 N–H and O–H groups in total. The first kappa shape index (κ1) is 26.0. The molecule has 6 nitrogen and oxygen atoms in total. The molecule has 6 heteroatoms. The van der Waals surface area contributed by atoms with E-state index in [1.807, 2.05) is 24.3 Å². The third kappa shape index (κ3) is 7.74. The minimum absolute atomic E-state index is 0.111. The van der Waals surface area contributed by atoms with Crippen LogP contribution in [0.2, 0.25) is 0 Å². The van der Waals surface area contributed by atoms with Crippen molar-refractivity contribution < 1.29 is 19.2 Å². The van der Waals surface area contributed by atoms with Crippen LogP contribution in [0.5, 0.6) is 0 Å². The van der Waals surface area contributed by atoms with Crippen molar-refractivity contribution in [3.8, 4) is 0 Å². The molecule has 36 heavy (non-hydrogen) atoms. The van der Waals surface area contributed by atoms with Crippen LogP contribution in [0.4, 0.5) is 11.4 Å². The second-order valence-corrected chi connectivity index (χ2v) is 8.03. The molecular formula is C30H28N2O4. The van der Waals surface area contributed by atoms with Crippen molar-refractivity contribution in [2.75, 3.05) is 10.6 Å². The number of hydrogen-bond donors (Lipinski definition) is 2. The van der Waals surface area contributed by atoms with Gasteiger partial charge in [0.2, 0.25) is 11.8 Å². The van der Waals surface area contributed by atoms with Crippen LogP contribution in [-0.2, 0) is 9.59 Å². The first-order chi connectivity index (χ1) is 17.4. The Labute approximate surface area is 210 Å². The summed E-state index contributed by atoms with van der Waals surface area (Å²) in [4.78, 5) is 48.2. The average Bonchev–Trinajstić information content (AvgIpc) is 2.91. The number of nitrogens with one attached hydrogen (secondary N) is 2. The number of carbonyl (C=O) groups excluding carboxylic acids is 4. The van der Waals surface area contributed by atoms with Gasteiger partial charge in [-0.05, 0) is 47.5 Å². The van der Waals surface area contributed by atoms with E-state index in [1.165, 1.54) is 12.2 Å². The Morgan fingerprint density at radius 1 is 0.611 bits per heavy atom. The number of anilines is 2. The number of allylic oxidation sites excluding steroid dienone is 2. The average molecular weight is 481 g/mol. The molecule has 2 amide bonds. The lowest BCUT2D eigenvalue weighted by atomic mass is 10.1. The molecule has 182 valence electrons. The van der Waals surface area contributed by atoms with Crippen molar-refractivity contribution in [1.82, 2.24) is 0 Å². The van der Waals surface area contributed by atoms with Crippen LogP contribution < -0.4 is 10.6 Å². The predicted octanol–water partition coefficient (Wildman–Crippen LogP) is 6.18. The number of carbonyl (C=O) groups is 4. The van der Waals surface area contributed by atoms with Gasteiger partial charge in [-0.2, -0.15) is 0 Å². The monoisotopic (exact) mass is 480 g/mol. The molecule has 0 radical (unpaired) electrons. The van der Waals surface area contributed by atoms with Gasteiger partial charge in [0.05, 0.1) is 0 Å². The molecule has 0 aliphatic heterocycles. The fourth-order valence-electron chi connectivity index (χ4n) is 3.25. The molecule has 3 rings (SSSR count). The summed E-state index contributed by atoms with van der Waals surface area (Å²) in [6, 6.07) is 21.1. The van der Waals surface area contributed by atoms with Crippen molar-refractivity contribution in [2.45, 2.75) is 26.7 Å². The maximum atomic E-state index is 12.5. The molecule has 0 fully saturated rings. The topological polar surface area (TPSA) is 92.3 Å². The quantitative estimate of drug-likeness (QED) is 0.268. The van der Waals surface area contributed by atoms with Gasteiger partial charge in [0.25, 0.3) is 0 Å². The van der Waals surface area contributed by atoms with Gasteiger partial charge in [-0.3, -0.25) is 19.2 Å². The third-order valence-electron chi connectivity index (χ3n) is 5.29. The number of amides is 2. The van der Waals surface area contributed by atoms with Crippen molar-refractivity contribution in [2.24, 2.45) is 0 Å². The van der Waals surface area contributed by atoms with Crippen LogP contribution in [0.15, 0.2) is 84.9 Å². The van der Waals surface area contributed by atoms with Crippen molar-refractivity contribution in [1.29, 1.82) is 0 Å². The number of benzene rings is 3. The summed E-state index contributed by atoms with van der Waals surface area (Å²) in [6.45, 7) is 3.53. The lowest BCUT2D eigenvalue weighted by Crippen LogP contribution is -2.09. The first-order valence-corrected chi connectivity index (χ1v) is 11.7. The Hall–Kier alpha value is -4.58. The highest BCUT2D eigenvalue weighted by Gasteiger charge is 2.06. The highest BCUT2D eigenvalue weighted by molar-refractivity contribution is 6.08. The third-order valence-corrected chi connectivity index (χ3v) is 5.29. The summed E-state index contributed by atoms with van der Waals surface area (Å²) in [7, 11) is 0. The molecule has 0 aliphatic carbocycles. The summed E-state index contributed by atoms with van der Waals surface area (Å²) in [6.07, 6.45) is 7.13. The van der Waals surface area contributed by atoms with E-state index in [9.17, 15) is 19.2 Å². The van der Waals surface area contributed by atoms with Gasteiger partial charge in [-0.15, -0.1) is 0 Å².